The molecule has 0 bridgehead atoms. The van der Waals surface area contributed by atoms with Gasteiger partial charge in [-0.25, -0.2) is 4.39 Å². The molecule has 1 heterocycles. The fraction of sp³-hybridized carbons (Fsp3) is 0.500. The van der Waals surface area contributed by atoms with Crippen molar-refractivity contribution >= 4 is 18.3 Å². The number of halogens is 2. The summed E-state index contributed by atoms with van der Waals surface area (Å²) in [6.07, 6.45) is 0.902. The predicted molar refractivity (Wildman–Crippen MR) is 75.8 cm³/mol. The zero-order valence-corrected chi connectivity index (χ0v) is 12.0. The minimum absolute atomic E-state index is 0. The van der Waals surface area contributed by atoms with Crippen LogP contribution in [-0.2, 0) is 4.79 Å². The third-order valence-corrected chi connectivity index (χ3v) is 3.69. The molecule has 1 aromatic rings. The highest BCUT2D eigenvalue weighted by atomic mass is 35.5. The fourth-order valence-corrected chi connectivity index (χ4v) is 2.31. The van der Waals surface area contributed by atoms with Crippen LogP contribution < -0.4 is 5.32 Å². The number of hydrogen-bond donors (Lipinski definition) is 1. The largest absolute Gasteiger partial charge is 0.339 e. The maximum Gasteiger partial charge on any atom is 0.227 e. The van der Waals surface area contributed by atoms with Gasteiger partial charge >= 0.3 is 0 Å². The van der Waals surface area contributed by atoms with E-state index in [1.165, 1.54) is 12.1 Å². The lowest BCUT2D eigenvalue weighted by molar-refractivity contribution is -0.135. The second kappa shape index (κ2) is 6.87. The second-order valence-corrected chi connectivity index (χ2v) is 4.87. The molecule has 3 nitrogen and oxygen atoms in total. The van der Waals surface area contributed by atoms with Crippen LogP contribution in [0, 0.1) is 11.7 Å². The molecule has 1 aliphatic rings. The highest BCUT2D eigenvalue weighted by molar-refractivity contribution is 5.85. The molecule has 106 valence electrons. The Morgan fingerprint density at radius 2 is 2.05 bits per heavy atom. The molecule has 0 spiro atoms. The van der Waals surface area contributed by atoms with Gasteiger partial charge in [-0.2, -0.15) is 0 Å². The Morgan fingerprint density at radius 3 is 2.58 bits per heavy atom. The fourth-order valence-electron chi connectivity index (χ4n) is 2.31. The van der Waals surface area contributed by atoms with E-state index in [-0.39, 0.29) is 36.1 Å². The first-order valence-corrected chi connectivity index (χ1v) is 6.32. The minimum atomic E-state index is -0.250. The van der Waals surface area contributed by atoms with Crippen LogP contribution in [0.2, 0.25) is 0 Å². The summed E-state index contributed by atoms with van der Waals surface area (Å²) in [6, 6.07) is 6.30. The van der Waals surface area contributed by atoms with Crippen molar-refractivity contribution in [2.75, 3.05) is 20.1 Å². The molecule has 1 fully saturated rings. The number of hydrogen-bond acceptors (Lipinski definition) is 2. The van der Waals surface area contributed by atoms with Crippen molar-refractivity contribution in [1.82, 2.24) is 10.2 Å². The summed E-state index contributed by atoms with van der Waals surface area (Å²) in [5.74, 6) is -0.00496. The van der Waals surface area contributed by atoms with Crippen LogP contribution in [0.1, 0.15) is 24.9 Å². The molecule has 1 aliphatic heterocycles. The van der Waals surface area contributed by atoms with Crippen molar-refractivity contribution in [1.29, 1.82) is 0 Å². The Hall–Kier alpha value is -1.13. The third-order valence-electron chi connectivity index (χ3n) is 3.69. The molecule has 1 amide bonds. The summed E-state index contributed by atoms with van der Waals surface area (Å²) < 4.78 is 12.9. The van der Waals surface area contributed by atoms with Crippen LogP contribution in [0.15, 0.2) is 24.3 Å². The molecule has 0 saturated carbocycles. The Morgan fingerprint density at radius 1 is 1.42 bits per heavy atom. The first kappa shape index (κ1) is 15.9. The molecule has 1 saturated heterocycles. The maximum atomic E-state index is 12.9. The molecule has 19 heavy (non-hydrogen) atoms. The summed E-state index contributed by atoms with van der Waals surface area (Å²) in [7, 11) is 1.81. The number of amides is 1. The van der Waals surface area contributed by atoms with Gasteiger partial charge in [0.2, 0.25) is 5.91 Å². The summed E-state index contributed by atoms with van der Waals surface area (Å²) in [6.45, 7) is 3.64. The van der Waals surface area contributed by atoms with Gasteiger partial charge in [0.05, 0.1) is 12.0 Å². The molecular weight excluding hydrogens is 267 g/mol. The smallest absolute Gasteiger partial charge is 0.227 e. The van der Waals surface area contributed by atoms with E-state index in [0.29, 0.717) is 0 Å². The Balaban J connectivity index is 0.00000180. The number of nitrogens with zero attached hydrogens (tertiary/aromatic N) is 1. The number of carbonyl (C=O) groups excluding carboxylic acids is 1. The van der Waals surface area contributed by atoms with Crippen molar-refractivity contribution in [3.8, 4) is 0 Å². The highest BCUT2D eigenvalue weighted by Gasteiger charge is 2.27. The first-order valence-electron chi connectivity index (χ1n) is 6.32. The lowest BCUT2D eigenvalue weighted by Crippen LogP contribution is -2.35. The van der Waals surface area contributed by atoms with E-state index in [1.807, 2.05) is 14.0 Å². The molecule has 0 aliphatic carbocycles. The second-order valence-electron chi connectivity index (χ2n) is 4.87. The van der Waals surface area contributed by atoms with E-state index < -0.39 is 0 Å². The van der Waals surface area contributed by atoms with Gasteiger partial charge in [-0.15, -0.1) is 12.4 Å². The van der Waals surface area contributed by atoms with Gasteiger partial charge < -0.3 is 10.2 Å². The number of nitrogens with one attached hydrogen (secondary N) is 1. The predicted octanol–water partition coefficient (Wildman–Crippen LogP) is 2.38. The first-order chi connectivity index (χ1) is 8.59. The van der Waals surface area contributed by atoms with E-state index in [2.05, 4.69) is 5.32 Å². The summed E-state index contributed by atoms with van der Waals surface area (Å²) in [5.41, 5.74) is 0.957. The molecule has 2 atom stereocenters. The quantitative estimate of drug-likeness (QED) is 0.925. The van der Waals surface area contributed by atoms with Crippen LogP contribution in [-0.4, -0.2) is 30.9 Å². The van der Waals surface area contributed by atoms with Gasteiger partial charge in [-0.05, 0) is 37.6 Å². The van der Waals surface area contributed by atoms with E-state index in [1.54, 1.807) is 17.0 Å². The number of rotatable bonds is 3. The molecule has 2 unspecified atom stereocenters. The Bertz CT molecular complexity index is 418. The van der Waals surface area contributed by atoms with Crippen LogP contribution in [0.25, 0.3) is 0 Å². The summed E-state index contributed by atoms with van der Waals surface area (Å²) >= 11 is 0. The number of carbonyl (C=O) groups is 1. The third kappa shape index (κ3) is 3.67. The number of benzene rings is 1. The van der Waals surface area contributed by atoms with Crippen molar-refractivity contribution < 1.29 is 9.18 Å². The SMILES string of the molecule is CC(c1ccc(F)cc1)N(C)C(=O)C1CCNC1.Cl. The molecule has 2 rings (SSSR count). The average molecular weight is 287 g/mol. The van der Waals surface area contributed by atoms with Gasteiger partial charge in [0.15, 0.2) is 0 Å². The molecule has 1 N–H and O–H groups in total. The summed E-state index contributed by atoms with van der Waals surface area (Å²) in [5, 5.41) is 3.20. The topological polar surface area (TPSA) is 32.3 Å². The Labute approximate surface area is 119 Å². The zero-order valence-electron chi connectivity index (χ0n) is 11.2. The normalized spacial score (nSPS) is 19.6. The van der Waals surface area contributed by atoms with Crippen LogP contribution in [0.5, 0.6) is 0 Å². The maximum absolute atomic E-state index is 12.9. The monoisotopic (exact) mass is 286 g/mol. The molecule has 1 aromatic carbocycles. The van der Waals surface area contributed by atoms with Gasteiger partial charge in [0, 0.05) is 13.6 Å². The van der Waals surface area contributed by atoms with Gasteiger partial charge in [-0.3, -0.25) is 4.79 Å². The standard InChI is InChI=1S/C14H19FN2O.ClH/c1-10(11-3-5-13(15)6-4-11)17(2)14(18)12-7-8-16-9-12;/h3-6,10,12,16H,7-9H2,1-2H3;1H. The van der Waals surface area contributed by atoms with Crippen molar-refractivity contribution in [2.45, 2.75) is 19.4 Å². The molecule has 0 radical (unpaired) electrons. The lowest BCUT2D eigenvalue weighted by atomic mass is 10.0. The van der Waals surface area contributed by atoms with Gasteiger partial charge in [0.1, 0.15) is 5.82 Å². The Kier molecular flexibility index (Phi) is 5.76. The lowest BCUT2D eigenvalue weighted by Gasteiger charge is -2.27. The molecular formula is C14H20ClFN2O. The molecule has 0 aromatic heterocycles. The molecule has 5 heteroatoms. The minimum Gasteiger partial charge on any atom is -0.339 e. The average Bonchev–Trinajstić information content (AvgIpc) is 2.91. The van der Waals surface area contributed by atoms with Gasteiger partial charge in [0.25, 0.3) is 0 Å². The van der Waals surface area contributed by atoms with Crippen LogP contribution >= 0.6 is 12.4 Å². The van der Waals surface area contributed by atoms with Crippen molar-refractivity contribution in [2.24, 2.45) is 5.92 Å². The zero-order chi connectivity index (χ0) is 13.1. The van der Waals surface area contributed by atoms with E-state index in [9.17, 15) is 9.18 Å². The van der Waals surface area contributed by atoms with Crippen LogP contribution in [0.3, 0.4) is 0 Å². The van der Waals surface area contributed by atoms with E-state index in [4.69, 9.17) is 0 Å². The van der Waals surface area contributed by atoms with Gasteiger partial charge in [-0.1, -0.05) is 12.1 Å². The van der Waals surface area contributed by atoms with E-state index in [0.717, 1.165) is 25.1 Å². The highest BCUT2D eigenvalue weighted by Crippen LogP contribution is 2.22. The van der Waals surface area contributed by atoms with Crippen LogP contribution in [0.4, 0.5) is 4.39 Å². The van der Waals surface area contributed by atoms with Crippen molar-refractivity contribution in [3.05, 3.63) is 35.6 Å². The summed E-state index contributed by atoms with van der Waals surface area (Å²) in [4.78, 5) is 14.0. The van der Waals surface area contributed by atoms with E-state index >= 15 is 0 Å². The van der Waals surface area contributed by atoms with Crippen molar-refractivity contribution in [3.63, 3.8) is 0 Å².